The highest BCUT2D eigenvalue weighted by atomic mass is 15.3. The van der Waals surface area contributed by atoms with Gasteiger partial charge in [-0.3, -0.25) is 4.90 Å². The fraction of sp³-hybridized carbons (Fsp3) is 0.364. The third kappa shape index (κ3) is 1.56. The second-order valence-electron chi connectivity index (χ2n) is 3.43. The molecule has 2 rings (SSSR count). The van der Waals surface area contributed by atoms with Crippen molar-refractivity contribution in [3.05, 3.63) is 35.9 Å². The maximum Gasteiger partial charge on any atom is 0.111 e. The lowest BCUT2D eigenvalue weighted by Gasteiger charge is -2.12. The van der Waals surface area contributed by atoms with Crippen molar-refractivity contribution < 1.29 is 0 Å². The third-order valence-electron chi connectivity index (χ3n) is 2.58. The topological polar surface area (TPSA) is 26.8 Å². The molecule has 0 spiro atoms. The van der Waals surface area contributed by atoms with E-state index >= 15 is 0 Å². The van der Waals surface area contributed by atoms with Crippen molar-refractivity contribution in [2.75, 3.05) is 6.54 Å². The fourth-order valence-electron chi connectivity index (χ4n) is 1.62. The Balaban J connectivity index is 2.08. The summed E-state index contributed by atoms with van der Waals surface area (Å²) in [5.74, 6) is 0. The van der Waals surface area contributed by atoms with Gasteiger partial charge in [0.2, 0.25) is 0 Å². The van der Waals surface area contributed by atoms with Crippen LogP contribution in [0, 0.1) is 11.3 Å². The van der Waals surface area contributed by atoms with E-state index in [1.54, 1.807) is 0 Å². The minimum Gasteiger partial charge on any atom is -0.278 e. The second-order valence-corrected chi connectivity index (χ2v) is 3.43. The predicted octanol–water partition coefficient (Wildman–Crippen LogP) is 1.96. The maximum atomic E-state index is 8.68. The molecular weight excluding hydrogens is 160 g/mol. The van der Waals surface area contributed by atoms with Crippen LogP contribution in [0.4, 0.5) is 0 Å². The van der Waals surface area contributed by atoms with Crippen LogP contribution in [0.5, 0.6) is 0 Å². The summed E-state index contributed by atoms with van der Waals surface area (Å²) in [5.41, 5.74) is 1.29. The molecule has 0 radical (unpaired) electrons. The molecule has 2 unspecified atom stereocenters. The van der Waals surface area contributed by atoms with Crippen LogP contribution in [0.1, 0.15) is 18.5 Å². The van der Waals surface area contributed by atoms with E-state index in [1.807, 2.05) is 18.2 Å². The number of hydrogen-bond donors (Lipinski definition) is 0. The van der Waals surface area contributed by atoms with E-state index in [1.165, 1.54) is 5.56 Å². The van der Waals surface area contributed by atoms with Gasteiger partial charge < -0.3 is 0 Å². The SMILES string of the molecule is C[C@@H](c1ccccc1)N1CC1C#N. The highest BCUT2D eigenvalue weighted by Gasteiger charge is 2.38. The zero-order chi connectivity index (χ0) is 9.26. The van der Waals surface area contributed by atoms with Crippen LogP contribution in [0.3, 0.4) is 0 Å². The standard InChI is InChI=1S/C11H12N2/c1-9(13-8-11(13)7-12)10-5-3-2-4-6-10/h2-6,9,11H,8H2,1H3/t9-,11?,13?/m0/s1. The van der Waals surface area contributed by atoms with Crippen LogP contribution in [0.15, 0.2) is 30.3 Å². The Bertz CT molecular complexity index is 326. The molecule has 66 valence electrons. The smallest absolute Gasteiger partial charge is 0.111 e. The Morgan fingerprint density at radius 2 is 2.15 bits per heavy atom. The van der Waals surface area contributed by atoms with Crippen LogP contribution in [-0.4, -0.2) is 17.5 Å². The zero-order valence-corrected chi connectivity index (χ0v) is 7.64. The molecule has 1 fully saturated rings. The number of nitrogens with zero attached hydrogens (tertiary/aromatic N) is 2. The minimum absolute atomic E-state index is 0.148. The van der Waals surface area contributed by atoms with Crippen molar-refractivity contribution in [3.8, 4) is 6.07 Å². The summed E-state index contributed by atoms with van der Waals surface area (Å²) in [6, 6.07) is 13.1. The molecule has 0 aliphatic carbocycles. The van der Waals surface area contributed by atoms with Gasteiger partial charge in [0.1, 0.15) is 6.04 Å². The summed E-state index contributed by atoms with van der Waals surface area (Å²) in [7, 11) is 0. The van der Waals surface area contributed by atoms with Gasteiger partial charge in [-0.25, -0.2) is 0 Å². The molecule has 1 heterocycles. The van der Waals surface area contributed by atoms with Crippen molar-refractivity contribution in [1.82, 2.24) is 4.90 Å². The highest BCUT2D eigenvalue weighted by molar-refractivity contribution is 5.22. The quantitative estimate of drug-likeness (QED) is 0.637. The van der Waals surface area contributed by atoms with Gasteiger partial charge in [0.15, 0.2) is 0 Å². The third-order valence-corrected chi connectivity index (χ3v) is 2.58. The predicted molar refractivity (Wildman–Crippen MR) is 51.0 cm³/mol. The lowest BCUT2D eigenvalue weighted by atomic mass is 10.1. The van der Waals surface area contributed by atoms with E-state index in [9.17, 15) is 0 Å². The Kier molecular flexibility index (Phi) is 2.03. The van der Waals surface area contributed by atoms with Crippen LogP contribution in [0.2, 0.25) is 0 Å². The molecule has 1 saturated heterocycles. The van der Waals surface area contributed by atoms with Gasteiger partial charge in [-0.05, 0) is 12.5 Å². The summed E-state index contributed by atoms with van der Waals surface area (Å²) in [6.07, 6.45) is 0. The zero-order valence-electron chi connectivity index (χ0n) is 7.64. The first-order valence-corrected chi connectivity index (χ1v) is 4.53. The average molecular weight is 172 g/mol. The summed E-state index contributed by atoms with van der Waals surface area (Å²) in [4.78, 5) is 2.19. The summed E-state index contributed by atoms with van der Waals surface area (Å²) in [5, 5.41) is 8.68. The molecule has 0 N–H and O–H groups in total. The van der Waals surface area contributed by atoms with Gasteiger partial charge in [-0.15, -0.1) is 0 Å². The van der Waals surface area contributed by atoms with E-state index in [0.717, 1.165) is 6.54 Å². The summed E-state index contributed by atoms with van der Waals surface area (Å²) >= 11 is 0. The normalized spacial score (nSPS) is 27.7. The Morgan fingerprint density at radius 1 is 1.46 bits per heavy atom. The number of nitriles is 1. The first kappa shape index (κ1) is 8.28. The molecule has 0 saturated carbocycles. The van der Waals surface area contributed by atoms with Crippen molar-refractivity contribution in [3.63, 3.8) is 0 Å². The largest absolute Gasteiger partial charge is 0.278 e. The fourth-order valence-corrected chi connectivity index (χ4v) is 1.62. The van der Waals surface area contributed by atoms with Gasteiger partial charge in [0, 0.05) is 12.6 Å². The molecule has 0 aromatic heterocycles. The lowest BCUT2D eigenvalue weighted by Crippen LogP contribution is -2.07. The summed E-state index contributed by atoms with van der Waals surface area (Å²) in [6.45, 7) is 3.07. The van der Waals surface area contributed by atoms with Gasteiger partial charge in [0.05, 0.1) is 6.07 Å². The van der Waals surface area contributed by atoms with E-state index < -0.39 is 0 Å². The second kappa shape index (κ2) is 3.20. The van der Waals surface area contributed by atoms with Crippen LogP contribution in [-0.2, 0) is 0 Å². The van der Waals surface area contributed by atoms with Crippen LogP contribution in [0.25, 0.3) is 0 Å². The van der Waals surface area contributed by atoms with Gasteiger partial charge in [-0.1, -0.05) is 30.3 Å². The average Bonchev–Trinajstić information content (AvgIpc) is 2.97. The molecule has 0 amide bonds. The number of benzene rings is 1. The van der Waals surface area contributed by atoms with Gasteiger partial charge in [-0.2, -0.15) is 5.26 Å². The molecule has 0 bridgehead atoms. The van der Waals surface area contributed by atoms with Gasteiger partial charge in [0.25, 0.3) is 0 Å². The van der Waals surface area contributed by atoms with E-state index in [4.69, 9.17) is 5.26 Å². The van der Waals surface area contributed by atoms with Crippen molar-refractivity contribution in [2.45, 2.75) is 19.0 Å². The molecule has 1 aliphatic rings. The Hall–Kier alpha value is -1.33. The first-order chi connectivity index (χ1) is 6.33. The highest BCUT2D eigenvalue weighted by Crippen LogP contribution is 2.30. The maximum absolute atomic E-state index is 8.68. The van der Waals surface area contributed by atoms with Crippen molar-refractivity contribution in [1.29, 1.82) is 5.26 Å². The summed E-state index contributed by atoms with van der Waals surface area (Å²) < 4.78 is 0. The number of hydrogen-bond acceptors (Lipinski definition) is 2. The van der Waals surface area contributed by atoms with Crippen LogP contribution < -0.4 is 0 Å². The van der Waals surface area contributed by atoms with Crippen molar-refractivity contribution >= 4 is 0 Å². The lowest BCUT2D eigenvalue weighted by molar-refractivity contribution is 0.426. The Morgan fingerprint density at radius 3 is 2.69 bits per heavy atom. The monoisotopic (exact) mass is 172 g/mol. The minimum atomic E-state index is 0.148. The van der Waals surface area contributed by atoms with Crippen molar-refractivity contribution in [2.24, 2.45) is 0 Å². The molecule has 2 nitrogen and oxygen atoms in total. The van der Waals surface area contributed by atoms with E-state index in [0.29, 0.717) is 6.04 Å². The molecule has 13 heavy (non-hydrogen) atoms. The molecule has 1 aliphatic heterocycles. The Labute approximate surface area is 78.4 Å². The van der Waals surface area contributed by atoms with E-state index in [-0.39, 0.29) is 6.04 Å². The molecule has 1 aromatic rings. The first-order valence-electron chi connectivity index (χ1n) is 4.53. The molecule has 1 aromatic carbocycles. The van der Waals surface area contributed by atoms with Gasteiger partial charge >= 0.3 is 0 Å². The molecule has 2 heteroatoms. The number of rotatable bonds is 2. The molecular formula is C11H12N2. The van der Waals surface area contributed by atoms with Crippen LogP contribution >= 0.6 is 0 Å². The molecule has 3 atom stereocenters. The van der Waals surface area contributed by atoms with E-state index in [2.05, 4.69) is 30.0 Å².